The summed E-state index contributed by atoms with van der Waals surface area (Å²) in [6, 6.07) is 11.0. The Morgan fingerprint density at radius 2 is 2.09 bits per heavy atom. The highest BCUT2D eigenvalue weighted by molar-refractivity contribution is 5.46. The molecule has 3 N–H and O–H groups in total. The van der Waals surface area contributed by atoms with Gasteiger partial charge in [-0.3, -0.25) is 5.01 Å². The van der Waals surface area contributed by atoms with Crippen molar-refractivity contribution in [3.8, 4) is 0 Å². The monoisotopic (exact) mass is 309 g/mol. The minimum Gasteiger partial charge on any atom is -0.506 e. The molecule has 4 nitrogen and oxygen atoms in total. The van der Waals surface area contributed by atoms with Crippen molar-refractivity contribution < 1.29 is 5.11 Å². The number of fused-ring (bicyclic) bond motifs is 2. The van der Waals surface area contributed by atoms with Gasteiger partial charge >= 0.3 is 0 Å². The van der Waals surface area contributed by atoms with E-state index in [0.717, 1.165) is 30.5 Å². The molecule has 23 heavy (non-hydrogen) atoms. The fraction of sp³-hybridized carbons (Fsp3) is 0.368. The van der Waals surface area contributed by atoms with Gasteiger partial charge in [-0.2, -0.15) is 0 Å². The van der Waals surface area contributed by atoms with Gasteiger partial charge in [0.1, 0.15) is 5.76 Å². The molecule has 2 unspecified atom stereocenters. The molecule has 120 valence electrons. The summed E-state index contributed by atoms with van der Waals surface area (Å²) in [4.78, 5) is 0. The maximum atomic E-state index is 10.5. The summed E-state index contributed by atoms with van der Waals surface area (Å²) in [6.45, 7) is 2.00. The highest BCUT2D eigenvalue weighted by Gasteiger charge is 2.44. The minimum absolute atomic E-state index is 0.0612. The zero-order valence-electron chi connectivity index (χ0n) is 13.6. The molecule has 0 saturated heterocycles. The Morgan fingerprint density at radius 1 is 1.30 bits per heavy atom. The van der Waals surface area contributed by atoms with Crippen molar-refractivity contribution in [1.82, 2.24) is 15.8 Å². The number of rotatable bonds is 2. The highest BCUT2D eigenvalue weighted by atomic mass is 16.3. The molecule has 1 aliphatic carbocycles. The molecular weight excluding hydrogens is 286 g/mol. The van der Waals surface area contributed by atoms with E-state index in [1.807, 2.05) is 25.1 Å². The van der Waals surface area contributed by atoms with Crippen LogP contribution in [0.5, 0.6) is 0 Å². The van der Waals surface area contributed by atoms with Crippen LogP contribution < -0.4 is 10.7 Å². The predicted octanol–water partition coefficient (Wildman–Crippen LogP) is 3.09. The number of hydrogen-bond donors (Lipinski definition) is 3. The molecule has 0 amide bonds. The molecule has 3 aliphatic rings. The lowest BCUT2D eigenvalue weighted by atomic mass is 9.72. The van der Waals surface area contributed by atoms with E-state index in [2.05, 4.69) is 47.3 Å². The standard InChI is InChI=1S/C19H23N3O/c1-13-10-17(23)18-15-11-19(20-2,14-6-4-3-5-7-14)9-8-16(15)21-22(18)12-13/h3-7,10,12,16,20-21,23H,8-9,11H2,1-2H3. The van der Waals surface area contributed by atoms with Crippen LogP contribution in [-0.2, 0) is 5.54 Å². The fourth-order valence-electron chi connectivity index (χ4n) is 4.16. The normalized spacial score (nSPS) is 29.8. The van der Waals surface area contributed by atoms with Crippen LogP contribution in [0.4, 0.5) is 0 Å². The SMILES string of the molecule is CNC1(c2ccccc2)CCC2NN3C=C(C)C=C(O)C3=C2C1. The van der Waals surface area contributed by atoms with Gasteiger partial charge in [0.2, 0.25) is 0 Å². The van der Waals surface area contributed by atoms with Gasteiger partial charge in [-0.05, 0) is 56.0 Å². The van der Waals surface area contributed by atoms with E-state index in [1.165, 1.54) is 11.1 Å². The van der Waals surface area contributed by atoms with Crippen LogP contribution in [0.25, 0.3) is 0 Å². The number of hydrogen-bond acceptors (Lipinski definition) is 4. The van der Waals surface area contributed by atoms with Crippen molar-refractivity contribution in [2.45, 2.75) is 37.8 Å². The molecule has 2 atom stereocenters. The van der Waals surface area contributed by atoms with Crippen LogP contribution >= 0.6 is 0 Å². The number of hydrazine groups is 1. The molecule has 0 spiro atoms. The lowest BCUT2D eigenvalue weighted by Gasteiger charge is -2.40. The van der Waals surface area contributed by atoms with Crippen molar-refractivity contribution in [1.29, 1.82) is 0 Å². The molecule has 4 rings (SSSR count). The molecule has 2 aliphatic heterocycles. The molecule has 4 heteroatoms. The van der Waals surface area contributed by atoms with E-state index < -0.39 is 0 Å². The largest absolute Gasteiger partial charge is 0.506 e. The third-order valence-corrected chi connectivity index (χ3v) is 5.36. The number of nitrogens with zero attached hydrogens (tertiary/aromatic N) is 1. The first kappa shape index (κ1) is 14.5. The Balaban J connectivity index is 1.76. The van der Waals surface area contributed by atoms with Crippen molar-refractivity contribution in [2.24, 2.45) is 0 Å². The van der Waals surface area contributed by atoms with E-state index >= 15 is 0 Å². The van der Waals surface area contributed by atoms with Crippen LogP contribution in [0.1, 0.15) is 31.7 Å². The van der Waals surface area contributed by atoms with Crippen LogP contribution in [0.2, 0.25) is 0 Å². The van der Waals surface area contributed by atoms with Gasteiger partial charge in [-0.15, -0.1) is 0 Å². The Kier molecular flexibility index (Phi) is 3.32. The Morgan fingerprint density at radius 3 is 2.83 bits per heavy atom. The first-order valence-electron chi connectivity index (χ1n) is 8.25. The molecule has 2 heterocycles. The van der Waals surface area contributed by atoms with E-state index in [4.69, 9.17) is 0 Å². The minimum atomic E-state index is -0.0612. The van der Waals surface area contributed by atoms with Crippen LogP contribution in [0.15, 0.2) is 65.2 Å². The second-order valence-corrected chi connectivity index (χ2v) is 6.74. The van der Waals surface area contributed by atoms with Crippen LogP contribution in [0, 0.1) is 0 Å². The summed E-state index contributed by atoms with van der Waals surface area (Å²) < 4.78 is 0. The van der Waals surface area contributed by atoms with Gasteiger partial charge in [-0.25, -0.2) is 5.43 Å². The molecule has 1 fully saturated rings. The van der Waals surface area contributed by atoms with E-state index in [-0.39, 0.29) is 5.54 Å². The maximum absolute atomic E-state index is 10.5. The summed E-state index contributed by atoms with van der Waals surface area (Å²) in [5.41, 5.74) is 8.08. The molecule has 1 aromatic carbocycles. The van der Waals surface area contributed by atoms with Crippen molar-refractivity contribution in [3.05, 3.63) is 70.8 Å². The topological polar surface area (TPSA) is 47.5 Å². The number of aliphatic hydroxyl groups excluding tert-OH is 1. The van der Waals surface area contributed by atoms with Gasteiger partial charge < -0.3 is 10.4 Å². The summed E-state index contributed by atoms with van der Waals surface area (Å²) in [6.07, 6.45) is 6.93. The average molecular weight is 309 g/mol. The van der Waals surface area contributed by atoms with Gasteiger partial charge in [0.25, 0.3) is 0 Å². The zero-order chi connectivity index (χ0) is 16.0. The van der Waals surface area contributed by atoms with Gasteiger partial charge in [0.15, 0.2) is 0 Å². The molecule has 0 aromatic heterocycles. The summed E-state index contributed by atoms with van der Waals surface area (Å²) in [7, 11) is 2.04. The molecule has 0 bridgehead atoms. The number of allylic oxidation sites excluding steroid dienone is 2. The van der Waals surface area contributed by atoms with Crippen molar-refractivity contribution in [2.75, 3.05) is 7.05 Å². The number of nitrogens with one attached hydrogen (secondary N) is 2. The Labute approximate surface area is 137 Å². The zero-order valence-corrected chi connectivity index (χ0v) is 13.6. The van der Waals surface area contributed by atoms with Crippen LogP contribution in [-0.4, -0.2) is 23.2 Å². The summed E-state index contributed by atoms with van der Waals surface area (Å²) >= 11 is 0. The lowest BCUT2D eigenvalue weighted by molar-refractivity contribution is 0.246. The second-order valence-electron chi connectivity index (χ2n) is 6.74. The van der Waals surface area contributed by atoms with E-state index in [1.54, 1.807) is 0 Å². The molecular formula is C19H23N3O. The molecule has 1 saturated carbocycles. The average Bonchev–Trinajstić information content (AvgIpc) is 2.92. The third kappa shape index (κ3) is 2.21. The first-order valence-corrected chi connectivity index (χ1v) is 8.25. The Hall–Kier alpha value is -2.04. The van der Waals surface area contributed by atoms with E-state index in [0.29, 0.717) is 11.8 Å². The number of aliphatic hydroxyl groups is 1. The summed E-state index contributed by atoms with van der Waals surface area (Å²) in [5.74, 6) is 0.370. The molecule has 0 radical (unpaired) electrons. The van der Waals surface area contributed by atoms with Gasteiger partial charge in [-0.1, -0.05) is 30.3 Å². The van der Waals surface area contributed by atoms with Gasteiger partial charge in [0.05, 0.1) is 11.7 Å². The quantitative estimate of drug-likeness (QED) is 0.786. The van der Waals surface area contributed by atoms with Gasteiger partial charge in [0, 0.05) is 11.7 Å². The van der Waals surface area contributed by atoms with E-state index in [9.17, 15) is 5.11 Å². The predicted molar refractivity (Wildman–Crippen MR) is 91.3 cm³/mol. The number of benzene rings is 1. The maximum Gasteiger partial charge on any atom is 0.141 e. The smallest absolute Gasteiger partial charge is 0.141 e. The highest BCUT2D eigenvalue weighted by Crippen LogP contribution is 2.45. The van der Waals surface area contributed by atoms with Crippen LogP contribution in [0.3, 0.4) is 0 Å². The molecule has 1 aromatic rings. The van der Waals surface area contributed by atoms with Crippen molar-refractivity contribution >= 4 is 0 Å². The second kappa shape index (κ2) is 5.25. The third-order valence-electron chi connectivity index (χ3n) is 5.36. The Bertz CT molecular complexity index is 719. The van der Waals surface area contributed by atoms with Crippen molar-refractivity contribution in [3.63, 3.8) is 0 Å². The first-order chi connectivity index (χ1) is 11.1. The lowest BCUT2D eigenvalue weighted by Crippen LogP contribution is -2.47. The fourth-order valence-corrected chi connectivity index (χ4v) is 4.16. The summed E-state index contributed by atoms with van der Waals surface area (Å²) in [5, 5.41) is 16.0.